The second-order valence-corrected chi connectivity index (χ2v) is 7.23. The number of hydrogen-bond donors (Lipinski definition) is 1. The molecule has 2 heterocycles. The molecule has 0 bridgehead atoms. The summed E-state index contributed by atoms with van der Waals surface area (Å²) in [6, 6.07) is 6.88. The van der Waals surface area contributed by atoms with Crippen molar-refractivity contribution < 1.29 is 14.6 Å². The van der Waals surface area contributed by atoms with Crippen molar-refractivity contribution in [2.45, 2.75) is 32.4 Å². The standard InChI is InChI=1S/C20H30N2O3/c1-15(2)22-8-7-21(13-18(22)6-9-23)12-16-10-17-11-19(24-3)4-5-20(17)25-14-16/h4-5,10-11,15,18,23H,6-9,12-14H2,1-3H3/t18-/m1/s1. The Hall–Kier alpha value is -1.56. The van der Waals surface area contributed by atoms with Crippen LogP contribution in [0.4, 0.5) is 0 Å². The minimum absolute atomic E-state index is 0.251. The van der Waals surface area contributed by atoms with Crippen LogP contribution >= 0.6 is 0 Å². The van der Waals surface area contributed by atoms with E-state index < -0.39 is 0 Å². The molecule has 0 spiro atoms. The topological polar surface area (TPSA) is 45.2 Å². The summed E-state index contributed by atoms with van der Waals surface area (Å²) < 4.78 is 11.2. The number of piperazine rings is 1. The van der Waals surface area contributed by atoms with Gasteiger partial charge in [0.05, 0.1) is 7.11 Å². The van der Waals surface area contributed by atoms with Gasteiger partial charge in [-0.2, -0.15) is 0 Å². The van der Waals surface area contributed by atoms with Crippen molar-refractivity contribution in [1.82, 2.24) is 9.80 Å². The van der Waals surface area contributed by atoms with Crippen LogP contribution in [0.1, 0.15) is 25.8 Å². The number of ether oxygens (including phenoxy) is 2. The fourth-order valence-corrected chi connectivity index (χ4v) is 3.87. The molecule has 0 unspecified atom stereocenters. The van der Waals surface area contributed by atoms with Gasteiger partial charge in [-0.1, -0.05) is 0 Å². The van der Waals surface area contributed by atoms with Gasteiger partial charge in [0.1, 0.15) is 18.1 Å². The first kappa shape index (κ1) is 18.2. The Morgan fingerprint density at radius 2 is 2.16 bits per heavy atom. The molecule has 1 aromatic rings. The lowest BCUT2D eigenvalue weighted by Gasteiger charge is -2.44. The molecule has 5 nitrogen and oxygen atoms in total. The smallest absolute Gasteiger partial charge is 0.127 e. The number of fused-ring (bicyclic) bond motifs is 1. The quantitative estimate of drug-likeness (QED) is 0.856. The predicted octanol–water partition coefficient (Wildman–Crippen LogP) is 2.25. The summed E-state index contributed by atoms with van der Waals surface area (Å²) in [7, 11) is 1.69. The van der Waals surface area contributed by atoms with Crippen molar-refractivity contribution in [1.29, 1.82) is 0 Å². The number of rotatable bonds is 6. The molecule has 1 saturated heterocycles. The third-order valence-corrected chi connectivity index (χ3v) is 5.15. The van der Waals surface area contributed by atoms with E-state index in [2.05, 4.69) is 29.7 Å². The SMILES string of the molecule is COc1ccc2c(c1)C=C(CN1CCN(C(C)C)[C@H](CCO)C1)CO2. The lowest BCUT2D eigenvalue weighted by atomic mass is 10.0. The summed E-state index contributed by atoms with van der Waals surface area (Å²) in [6.07, 6.45) is 3.07. The highest BCUT2D eigenvalue weighted by atomic mass is 16.5. The largest absolute Gasteiger partial charge is 0.497 e. The molecule has 0 radical (unpaired) electrons. The van der Waals surface area contributed by atoms with Crippen molar-refractivity contribution in [2.24, 2.45) is 0 Å². The fraction of sp³-hybridized carbons (Fsp3) is 0.600. The van der Waals surface area contributed by atoms with Crippen molar-refractivity contribution in [3.63, 3.8) is 0 Å². The first-order chi connectivity index (χ1) is 12.1. The summed E-state index contributed by atoms with van der Waals surface area (Å²) in [5.41, 5.74) is 2.38. The van der Waals surface area contributed by atoms with Crippen LogP contribution in [0.15, 0.2) is 23.8 Å². The molecule has 25 heavy (non-hydrogen) atoms. The molecule has 1 aromatic carbocycles. The van der Waals surface area contributed by atoms with E-state index in [1.54, 1.807) is 7.11 Å². The second-order valence-electron chi connectivity index (χ2n) is 7.23. The fourth-order valence-electron chi connectivity index (χ4n) is 3.87. The monoisotopic (exact) mass is 346 g/mol. The predicted molar refractivity (Wildman–Crippen MR) is 100 cm³/mol. The van der Waals surface area contributed by atoms with Crippen LogP contribution in [0.25, 0.3) is 6.08 Å². The maximum Gasteiger partial charge on any atom is 0.127 e. The van der Waals surface area contributed by atoms with Gasteiger partial charge in [-0.15, -0.1) is 0 Å². The third-order valence-electron chi connectivity index (χ3n) is 5.15. The van der Waals surface area contributed by atoms with E-state index in [0.717, 1.165) is 49.7 Å². The molecule has 0 saturated carbocycles. The zero-order chi connectivity index (χ0) is 17.8. The van der Waals surface area contributed by atoms with Gasteiger partial charge in [0.15, 0.2) is 0 Å². The van der Waals surface area contributed by atoms with Gasteiger partial charge in [0.2, 0.25) is 0 Å². The number of hydrogen-bond acceptors (Lipinski definition) is 5. The van der Waals surface area contributed by atoms with Gasteiger partial charge in [-0.25, -0.2) is 0 Å². The molecule has 0 amide bonds. The van der Waals surface area contributed by atoms with Gasteiger partial charge in [0, 0.05) is 50.4 Å². The average molecular weight is 346 g/mol. The lowest BCUT2D eigenvalue weighted by molar-refractivity contribution is 0.0416. The molecule has 2 aliphatic heterocycles. The van der Waals surface area contributed by atoms with E-state index in [1.165, 1.54) is 5.57 Å². The van der Waals surface area contributed by atoms with E-state index in [0.29, 0.717) is 18.7 Å². The third kappa shape index (κ3) is 4.35. The first-order valence-electron chi connectivity index (χ1n) is 9.20. The Morgan fingerprint density at radius 1 is 1.32 bits per heavy atom. The molecule has 138 valence electrons. The Labute approximate surface area is 150 Å². The minimum Gasteiger partial charge on any atom is -0.497 e. The first-order valence-corrected chi connectivity index (χ1v) is 9.20. The van der Waals surface area contributed by atoms with Crippen LogP contribution in [0, 0.1) is 0 Å². The van der Waals surface area contributed by atoms with E-state index >= 15 is 0 Å². The second kappa shape index (κ2) is 8.21. The Bertz CT molecular complexity index is 615. The van der Waals surface area contributed by atoms with Gasteiger partial charge >= 0.3 is 0 Å². The van der Waals surface area contributed by atoms with Crippen LogP contribution in [0.2, 0.25) is 0 Å². The maximum absolute atomic E-state index is 9.40. The van der Waals surface area contributed by atoms with Crippen LogP contribution in [-0.4, -0.2) is 73.5 Å². The summed E-state index contributed by atoms with van der Waals surface area (Å²) >= 11 is 0. The minimum atomic E-state index is 0.251. The number of aliphatic hydroxyl groups is 1. The zero-order valence-corrected chi connectivity index (χ0v) is 15.6. The summed E-state index contributed by atoms with van der Waals surface area (Å²) in [6.45, 7) is 9.41. The summed E-state index contributed by atoms with van der Waals surface area (Å²) in [5, 5.41) is 9.40. The van der Waals surface area contributed by atoms with Gasteiger partial charge in [-0.05, 0) is 50.1 Å². The van der Waals surface area contributed by atoms with Crippen LogP contribution in [0.5, 0.6) is 11.5 Å². The van der Waals surface area contributed by atoms with Crippen molar-refractivity contribution in [2.75, 3.05) is 46.5 Å². The average Bonchev–Trinajstić information content (AvgIpc) is 2.61. The molecule has 5 heteroatoms. The maximum atomic E-state index is 9.40. The van der Waals surface area contributed by atoms with E-state index in [1.807, 2.05) is 18.2 Å². The van der Waals surface area contributed by atoms with Crippen LogP contribution in [0.3, 0.4) is 0 Å². The van der Waals surface area contributed by atoms with E-state index in [-0.39, 0.29) is 6.61 Å². The highest BCUT2D eigenvalue weighted by Gasteiger charge is 2.28. The highest BCUT2D eigenvalue weighted by Crippen LogP contribution is 2.30. The molecule has 1 fully saturated rings. The van der Waals surface area contributed by atoms with Crippen LogP contribution in [-0.2, 0) is 0 Å². The van der Waals surface area contributed by atoms with Gasteiger partial charge < -0.3 is 14.6 Å². The van der Waals surface area contributed by atoms with Crippen molar-refractivity contribution >= 4 is 6.08 Å². The molecule has 0 aromatic heterocycles. The number of benzene rings is 1. The molecule has 1 atom stereocenters. The van der Waals surface area contributed by atoms with Crippen molar-refractivity contribution in [3.8, 4) is 11.5 Å². The zero-order valence-electron chi connectivity index (χ0n) is 15.6. The normalized spacial score (nSPS) is 21.6. The number of aliphatic hydroxyl groups excluding tert-OH is 1. The molecule has 2 aliphatic rings. The molecule has 0 aliphatic carbocycles. The summed E-state index contributed by atoms with van der Waals surface area (Å²) in [4.78, 5) is 5.00. The Balaban J connectivity index is 1.67. The van der Waals surface area contributed by atoms with E-state index in [9.17, 15) is 5.11 Å². The van der Waals surface area contributed by atoms with E-state index in [4.69, 9.17) is 9.47 Å². The molecule has 1 N–H and O–H groups in total. The highest BCUT2D eigenvalue weighted by molar-refractivity contribution is 5.64. The number of methoxy groups -OCH3 is 1. The molecular weight excluding hydrogens is 316 g/mol. The Morgan fingerprint density at radius 3 is 2.88 bits per heavy atom. The van der Waals surface area contributed by atoms with Crippen molar-refractivity contribution in [3.05, 3.63) is 29.3 Å². The van der Waals surface area contributed by atoms with Gasteiger partial charge in [0.25, 0.3) is 0 Å². The van der Waals surface area contributed by atoms with Gasteiger partial charge in [-0.3, -0.25) is 9.80 Å². The summed E-state index contributed by atoms with van der Waals surface area (Å²) in [5.74, 6) is 1.78. The number of nitrogens with zero attached hydrogens (tertiary/aromatic N) is 2. The lowest BCUT2D eigenvalue weighted by Crippen LogP contribution is -2.56. The van der Waals surface area contributed by atoms with Crippen LogP contribution < -0.4 is 9.47 Å². The Kier molecular flexibility index (Phi) is 5.99. The molecular formula is C20H30N2O3. The molecule has 3 rings (SSSR count).